The van der Waals surface area contributed by atoms with E-state index >= 15 is 0 Å². The largest absolute Gasteiger partial charge is 0.350 e. The van der Waals surface area contributed by atoms with E-state index in [1.807, 2.05) is 0 Å². The second-order valence-electron chi connectivity index (χ2n) is 5.20. The number of benzene rings is 2. The molecule has 0 fully saturated rings. The fourth-order valence-corrected chi connectivity index (χ4v) is 3.08. The fraction of sp³-hybridized carbons (Fsp3) is 0.188. The van der Waals surface area contributed by atoms with Crippen LogP contribution >= 0.6 is 0 Å². The highest BCUT2D eigenvalue weighted by molar-refractivity contribution is 7.92. The van der Waals surface area contributed by atoms with Crippen molar-refractivity contribution in [1.82, 2.24) is 5.32 Å². The third-order valence-electron chi connectivity index (χ3n) is 3.27. The Morgan fingerprint density at radius 1 is 1.08 bits per heavy atom. The van der Waals surface area contributed by atoms with Crippen LogP contribution < -0.4 is 9.62 Å². The van der Waals surface area contributed by atoms with Crippen molar-refractivity contribution in [2.75, 3.05) is 23.7 Å². The van der Waals surface area contributed by atoms with Gasteiger partial charge in [-0.05, 0) is 30.3 Å². The molecule has 9 heteroatoms. The van der Waals surface area contributed by atoms with Crippen molar-refractivity contribution < 1.29 is 26.4 Å². The standard InChI is InChI=1S/C16H15F3N2O3S/c1-25(23,24)21(15-6-5-13(18)10-14(15)19)8-7-20-16(22)11-3-2-4-12(17)9-11/h2-6,9-10H,7-8H2,1H3,(H,20,22). The molecule has 0 aliphatic carbocycles. The minimum Gasteiger partial charge on any atom is -0.350 e. The minimum absolute atomic E-state index is 0.0684. The van der Waals surface area contributed by atoms with E-state index in [1.54, 1.807) is 0 Å². The van der Waals surface area contributed by atoms with Crippen molar-refractivity contribution in [2.24, 2.45) is 0 Å². The van der Waals surface area contributed by atoms with Crippen LogP contribution in [0.25, 0.3) is 0 Å². The van der Waals surface area contributed by atoms with Crippen molar-refractivity contribution in [3.8, 4) is 0 Å². The van der Waals surface area contributed by atoms with Gasteiger partial charge in [0.2, 0.25) is 10.0 Å². The van der Waals surface area contributed by atoms with E-state index in [1.165, 1.54) is 18.2 Å². The molecular formula is C16H15F3N2O3S. The number of halogens is 3. The van der Waals surface area contributed by atoms with E-state index in [-0.39, 0.29) is 24.3 Å². The van der Waals surface area contributed by atoms with E-state index in [9.17, 15) is 26.4 Å². The van der Waals surface area contributed by atoms with Crippen molar-refractivity contribution >= 4 is 21.6 Å². The number of carbonyl (C=O) groups is 1. The number of nitrogens with one attached hydrogen (secondary N) is 1. The van der Waals surface area contributed by atoms with Gasteiger partial charge in [-0.1, -0.05) is 6.07 Å². The number of amides is 1. The van der Waals surface area contributed by atoms with Gasteiger partial charge in [-0.25, -0.2) is 21.6 Å². The summed E-state index contributed by atoms with van der Waals surface area (Å²) in [7, 11) is -3.86. The van der Waals surface area contributed by atoms with Gasteiger partial charge in [-0.2, -0.15) is 0 Å². The van der Waals surface area contributed by atoms with Gasteiger partial charge >= 0.3 is 0 Å². The molecule has 0 radical (unpaired) electrons. The second-order valence-corrected chi connectivity index (χ2v) is 7.10. The molecule has 134 valence electrons. The second kappa shape index (κ2) is 7.56. The first-order chi connectivity index (χ1) is 11.7. The van der Waals surface area contributed by atoms with Crippen LogP contribution in [0.2, 0.25) is 0 Å². The van der Waals surface area contributed by atoms with E-state index in [0.29, 0.717) is 10.4 Å². The summed E-state index contributed by atoms with van der Waals surface area (Å²) in [5, 5.41) is 2.42. The van der Waals surface area contributed by atoms with Crippen LogP contribution in [0, 0.1) is 17.5 Å². The molecule has 2 aromatic carbocycles. The summed E-state index contributed by atoms with van der Waals surface area (Å²) in [4.78, 5) is 11.9. The van der Waals surface area contributed by atoms with E-state index in [2.05, 4.69) is 5.32 Å². The van der Waals surface area contributed by atoms with Gasteiger partial charge in [0, 0.05) is 18.2 Å². The molecule has 0 aliphatic heterocycles. The zero-order valence-corrected chi connectivity index (χ0v) is 14.0. The van der Waals surface area contributed by atoms with Crippen LogP contribution in [0.5, 0.6) is 0 Å². The van der Waals surface area contributed by atoms with Crippen molar-refractivity contribution in [3.63, 3.8) is 0 Å². The molecule has 0 aliphatic rings. The molecule has 0 spiro atoms. The molecule has 5 nitrogen and oxygen atoms in total. The smallest absolute Gasteiger partial charge is 0.251 e. The van der Waals surface area contributed by atoms with Gasteiger partial charge in [0.1, 0.15) is 17.5 Å². The minimum atomic E-state index is -3.86. The average molecular weight is 372 g/mol. The Balaban J connectivity index is 2.10. The zero-order valence-electron chi connectivity index (χ0n) is 13.2. The summed E-state index contributed by atoms with van der Waals surface area (Å²) in [5.41, 5.74) is -0.261. The van der Waals surface area contributed by atoms with Gasteiger partial charge in [-0.15, -0.1) is 0 Å². The molecule has 1 amide bonds. The number of carbonyl (C=O) groups excluding carboxylic acids is 1. The van der Waals surface area contributed by atoms with E-state index in [0.717, 1.165) is 24.5 Å². The molecule has 0 unspecified atom stereocenters. The quantitative estimate of drug-likeness (QED) is 0.846. The first-order valence-corrected chi connectivity index (χ1v) is 9.00. The maximum absolute atomic E-state index is 13.9. The van der Waals surface area contributed by atoms with Crippen LogP contribution in [-0.4, -0.2) is 33.7 Å². The number of anilines is 1. The Morgan fingerprint density at radius 3 is 2.36 bits per heavy atom. The third kappa shape index (κ3) is 4.96. The SMILES string of the molecule is CS(=O)(=O)N(CCNC(=O)c1cccc(F)c1)c1ccc(F)cc1F. The highest BCUT2D eigenvalue weighted by Gasteiger charge is 2.21. The van der Waals surface area contributed by atoms with Gasteiger partial charge in [-0.3, -0.25) is 9.10 Å². The molecule has 0 saturated carbocycles. The molecule has 0 atom stereocenters. The lowest BCUT2D eigenvalue weighted by Gasteiger charge is -2.23. The summed E-state index contributed by atoms with van der Waals surface area (Å²) in [6.07, 6.45) is 0.865. The lowest BCUT2D eigenvalue weighted by molar-refractivity contribution is 0.0954. The van der Waals surface area contributed by atoms with Crippen molar-refractivity contribution in [2.45, 2.75) is 0 Å². The molecule has 0 saturated heterocycles. The average Bonchev–Trinajstić information content (AvgIpc) is 2.51. The Kier molecular flexibility index (Phi) is 5.68. The maximum Gasteiger partial charge on any atom is 0.251 e. The zero-order chi connectivity index (χ0) is 18.6. The number of hydrogen-bond acceptors (Lipinski definition) is 3. The lowest BCUT2D eigenvalue weighted by atomic mass is 10.2. The topological polar surface area (TPSA) is 66.5 Å². The molecule has 2 rings (SSSR count). The van der Waals surface area contributed by atoms with Crippen LogP contribution in [0.1, 0.15) is 10.4 Å². The Labute approximate surface area is 143 Å². The van der Waals surface area contributed by atoms with Crippen molar-refractivity contribution in [3.05, 3.63) is 65.5 Å². The van der Waals surface area contributed by atoms with Crippen LogP contribution in [0.4, 0.5) is 18.9 Å². The first-order valence-electron chi connectivity index (χ1n) is 7.15. The van der Waals surface area contributed by atoms with Gasteiger partial charge in [0.05, 0.1) is 18.5 Å². The summed E-state index contributed by atoms with van der Waals surface area (Å²) < 4.78 is 64.4. The number of nitrogens with zero attached hydrogens (tertiary/aromatic N) is 1. The van der Waals surface area contributed by atoms with E-state index in [4.69, 9.17) is 0 Å². The highest BCUT2D eigenvalue weighted by Crippen LogP contribution is 2.22. The Bertz CT molecular complexity index is 888. The number of sulfonamides is 1. The molecule has 1 N–H and O–H groups in total. The van der Waals surface area contributed by atoms with Gasteiger partial charge in [0.25, 0.3) is 5.91 Å². The number of rotatable bonds is 6. The highest BCUT2D eigenvalue weighted by atomic mass is 32.2. The maximum atomic E-state index is 13.9. The molecule has 2 aromatic rings. The first kappa shape index (κ1) is 18.8. The molecule has 0 bridgehead atoms. The predicted molar refractivity (Wildman–Crippen MR) is 87.3 cm³/mol. The predicted octanol–water partition coefficient (Wildman–Crippen LogP) is 2.30. The summed E-state index contributed by atoms with van der Waals surface area (Å²) in [6.45, 7) is -0.429. The van der Waals surface area contributed by atoms with E-state index < -0.39 is 33.4 Å². The molecule has 0 heterocycles. The monoisotopic (exact) mass is 372 g/mol. The summed E-state index contributed by atoms with van der Waals surface area (Å²) in [5.74, 6) is -3.07. The van der Waals surface area contributed by atoms with Gasteiger partial charge in [0.15, 0.2) is 0 Å². The van der Waals surface area contributed by atoms with Crippen LogP contribution in [-0.2, 0) is 10.0 Å². The Hall–Kier alpha value is -2.55. The Morgan fingerprint density at radius 2 is 1.76 bits per heavy atom. The normalized spacial score (nSPS) is 11.2. The molecular weight excluding hydrogens is 357 g/mol. The summed E-state index contributed by atoms with van der Waals surface area (Å²) >= 11 is 0. The van der Waals surface area contributed by atoms with Crippen LogP contribution in [0.15, 0.2) is 42.5 Å². The molecule has 25 heavy (non-hydrogen) atoms. The van der Waals surface area contributed by atoms with Crippen molar-refractivity contribution in [1.29, 1.82) is 0 Å². The van der Waals surface area contributed by atoms with Gasteiger partial charge < -0.3 is 5.32 Å². The third-order valence-corrected chi connectivity index (χ3v) is 4.45. The number of hydrogen-bond donors (Lipinski definition) is 1. The summed E-state index contributed by atoms with van der Waals surface area (Å²) in [6, 6.07) is 7.47. The van der Waals surface area contributed by atoms with Crippen LogP contribution in [0.3, 0.4) is 0 Å². The fourth-order valence-electron chi connectivity index (χ4n) is 2.15. The lowest BCUT2D eigenvalue weighted by Crippen LogP contribution is -2.38. The molecule has 0 aromatic heterocycles.